The van der Waals surface area contributed by atoms with Crippen molar-refractivity contribution in [2.45, 2.75) is 26.6 Å². The van der Waals surface area contributed by atoms with E-state index in [1.165, 1.54) is 19.6 Å². The Hall–Kier alpha value is -1.17. The van der Waals surface area contributed by atoms with Crippen LogP contribution in [0.5, 0.6) is 0 Å². The van der Waals surface area contributed by atoms with E-state index in [1.807, 2.05) is 0 Å². The molecular weight excluding hydrogens is 334 g/mol. The molecule has 2 heterocycles. The molecular formula is C15H16BrN3S. The highest BCUT2D eigenvalue weighted by atomic mass is 79.9. The summed E-state index contributed by atoms with van der Waals surface area (Å²) in [5.41, 5.74) is 2.34. The average molecular weight is 350 g/mol. The van der Waals surface area contributed by atoms with Crippen LogP contribution in [0.15, 0.2) is 40.2 Å². The van der Waals surface area contributed by atoms with Gasteiger partial charge in [0.05, 0.1) is 15.0 Å². The summed E-state index contributed by atoms with van der Waals surface area (Å²) in [5.74, 6) is 0. The fourth-order valence-corrected chi connectivity index (χ4v) is 3.77. The third-order valence-electron chi connectivity index (χ3n) is 3.25. The fourth-order valence-electron chi connectivity index (χ4n) is 2.32. The second-order valence-electron chi connectivity index (χ2n) is 4.59. The molecule has 0 amide bonds. The van der Waals surface area contributed by atoms with Gasteiger partial charge in [-0.05, 0) is 41.1 Å². The molecule has 3 rings (SSSR count). The number of aryl methyl sites for hydroxylation is 1. The standard InChI is InChI=1S/C15H16BrN3S/c1-2-19-14-6-4-3-5-12(14)13(18-19)10-17-9-11-7-8-15(16)20-11/h3-8,17H,2,9-10H2,1H3. The molecule has 0 saturated carbocycles. The summed E-state index contributed by atoms with van der Waals surface area (Å²) in [6, 6.07) is 12.6. The van der Waals surface area contributed by atoms with Gasteiger partial charge in [0.15, 0.2) is 0 Å². The lowest BCUT2D eigenvalue weighted by Crippen LogP contribution is -2.12. The van der Waals surface area contributed by atoms with E-state index in [9.17, 15) is 0 Å². The number of thiophene rings is 1. The summed E-state index contributed by atoms with van der Waals surface area (Å²) >= 11 is 5.25. The molecule has 0 aliphatic heterocycles. The molecule has 3 aromatic rings. The summed E-state index contributed by atoms with van der Waals surface area (Å²) in [4.78, 5) is 1.33. The Balaban J connectivity index is 1.74. The van der Waals surface area contributed by atoms with Crippen LogP contribution in [0.3, 0.4) is 0 Å². The van der Waals surface area contributed by atoms with Gasteiger partial charge in [0.2, 0.25) is 0 Å². The van der Waals surface area contributed by atoms with E-state index in [4.69, 9.17) is 5.10 Å². The second kappa shape index (κ2) is 6.08. The Morgan fingerprint density at radius 2 is 2.05 bits per heavy atom. The van der Waals surface area contributed by atoms with E-state index in [0.29, 0.717) is 0 Å². The maximum absolute atomic E-state index is 4.69. The number of fused-ring (bicyclic) bond motifs is 1. The molecule has 3 nitrogen and oxygen atoms in total. The summed E-state index contributed by atoms with van der Waals surface area (Å²) < 4.78 is 3.24. The van der Waals surface area contributed by atoms with Gasteiger partial charge in [-0.2, -0.15) is 5.10 Å². The van der Waals surface area contributed by atoms with Crippen molar-refractivity contribution < 1.29 is 0 Å². The van der Waals surface area contributed by atoms with Crippen LogP contribution in [-0.4, -0.2) is 9.78 Å². The van der Waals surface area contributed by atoms with Crippen molar-refractivity contribution in [1.29, 1.82) is 0 Å². The monoisotopic (exact) mass is 349 g/mol. The highest BCUT2D eigenvalue weighted by molar-refractivity contribution is 9.11. The lowest BCUT2D eigenvalue weighted by atomic mass is 10.2. The van der Waals surface area contributed by atoms with Crippen LogP contribution in [0.4, 0.5) is 0 Å². The largest absolute Gasteiger partial charge is 0.306 e. The van der Waals surface area contributed by atoms with E-state index >= 15 is 0 Å². The van der Waals surface area contributed by atoms with Crippen molar-refractivity contribution >= 4 is 38.2 Å². The molecule has 104 valence electrons. The van der Waals surface area contributed by atoms with Crippen molar-refractivity contribution in [3.05, 3.63) is 50.8 Å². The minimum absolute atomic E-state index is 0.795. The normalized spacial score (nSPS) is 11.3. The van der Waals surface area contributed by atoms with Gasteiger partial charge in [-0.25, -0.2) is 0 Å². The highest BCUT2D eigenvalue weighted by Crippen LogP contribution is 2.22. The van der Waals surface area contributed by atoms with Crippen LogP contribution < -0.4 is 5.32 Å². The molecule has 0 radical (unpaired) electrons. The molecule has 2 aromatic heterocycles. The Labute approximate surface area is 130 Å². The van der Waals surface area contributed by atoms with E-state index in [2.05, 4.69) is 69.3 Å². The van der Waals surface area contributed by atoms with Crippen molar-refractivity contribution in [2.24, 2.45) is 0 Å². The Kier molecular flexibility index (Phi) is 4.19. The molecule has 0 atom stereocenters. The highest BCUT2D eigenvalue weighted by Gasteiger charge is 2.08. The zero-order chi connectivity index (χ0) is 13.9. The number of benzene rings is 1. The van der Waals surface area contributed by atoms with E-state index < -0.39 is 0 Å². The van der Waals surface area contributed by atoms with Crippen LogP contribution in [0, 0.1) is 0 Å². The number of hydrogen-bond acceptors (Lipinski definition) is 3. The van der Waals surface area contributed by atoms with Gasteiger partial charge in [0.1, 0.15) is 0 Å². The van der Waals surface area contributed by atoms with Gasteiger partial charge in [-0.1, -0.05) is 18.2 Å². The minimum Gasteiger partial charge on any atom is -0.306 e. The van der Waals surface area contributed by atoms with Crippen molar-refractivity contribution in [1.82, 2.24) is 15.1 Å². The molecule has 0 aliphatic rings. The first-order chi connectivity index (χ1) is 9.78. The van der Waals surface area contributed by atoms with Crippen LogP contribution >= 0.6 is 27.3 Å². The van der Waals surface area contributed by atoms with Crippen molar-refractivity contribution in [3.8, 4) is 0 Å². The molecule has 0 unspecified atom stereocenters. The lowest BCUT2D eigenvalue weighted by Gasteiger charge is -2.00. The van der Waals surface area contributed by atoms with Crippen LogP contribution in [0.2, 0.25) is 0 Å². The SMILES string of the molecule is CCn1nc(CNCc2ccc(Br)s2)c2ccccc21. The molecule has 1 aromatic carbocycles. The maximum Gasteiger partial charge on any atom is 0.0841 e. The number of para-hydroxylation sites is 1. The van der Waals surface area contributed by atoms with Gasteiger partial charge in [-0.3, -0.25) is 4.68 Å². The van der Waals surface area contributed by atoms with Gasteiger partial charge >= 0.3 is 0 Å². The summed E-state index contributed by atoms with van der Waals surface area (Å²) in [7, 11) is 0. The van der Waals surface area contributed by atoms with Crippen LogP contribution in [0.1, 0.15) is 17.5 Å². The van der Waals surface area contributed by atoms with Crippen molar-refractivity contribution in [3.63, 3.8) is 0 Å². The third-order valence-corrected chi connectivity index (χ3v) is 4.88. The molecule has 0 fully saturated rings. The number of nitrogens with one attached hydrogen (secondary N) is 1. The zero-order valence-electron chi connectivity index (χ0n) is 11.3. The Morgan fingerprint density at radius 1 is 1.20 bits per heavy atom. The molecule has 1 N–H and O–H groups in total. The first kappa shape index (κ1) is 13.8. The number of aromatic nitrogens is 2. The summed E-state index contributed by atoms with van der Waals surface area (Å²) in [6.07, 6.45) is 0. The maximum atomic E-state index is 4.69. The van der Waals surface area contributed by atoms with Crippen LogP contribution in [0.25, 0.3) is 10.9 Å². The number of halogens is 1. The van der Waals surface area contributed by atoms with Gasteiger partial charge in [0, 0.05) is 29.9 Å². The zero-order valence-corrected chi connectivity index (χ0v) is 13.7. The molecule has 20 heavy (non-hydrogen) atoms. The topological polar surface area (TPSA) is 29.9 Å². The van der Waals surface area contributed by atoms with Gasteiger partial charge in [-0.15, -0.1) is 11.3 Å². The van der Waals surface area contributed by atoms with Crippen molar-refractivity contribution in [2.75, 3.05) is 0 Å². The molecule has 0 spiro atoms. The molecule has 0 aliphatic carbocycles. The smallest absolute Gasteiger partial charge is 0.0841 e. The predicted molar refractivity (Wildman–Crippen MR) is 88.0 cm³/mol. The first-order valence-electron chi connectivity index (χ1n) is 6.67. The Morgan fingerprint density at radius 3 is 2.80 bits per heavy atom. The van der Waals surface area contributed by atoms with Gasteiger partial charge < -0.3 is 5.32 Å². The van der Waals surface area contributed by atoms with Gasteiger partial charge in [0.25, 0.3) is 0 Å². The van der Waals surface area contributed by atoms with Crippen LogP contribution in [-0.2, 0) is 19.6 Å². The first-order valence-corrected chi connectivity index (χ1v) is 8.28. The minimum atomic E-state index is 0.795. The lowest BCUT2D eigenvalue weighted by molar-refractivity contribution is 0.634. The quantitative estimate of drug-likeness (QED) is 0.749. The average Bonchev–Trinajstić information content (AvgIpc) is 3.03. The molecule has 0 bridgehead atoms. The summed E-state index contributed by atoms with van der Waals surface area (Å²) in [6.45, 7) is 4.70. The van der Waals surface area contributed by atoms with E-state index in [0.717, 1.165) is 25.3 Å². The summed E-state index contributed by atoms with van der Waals surface area (Å²) in [5, 5.41) is 9.41. The van der Waals surface area contributed by atoms with E-state index in [-0.39, 0.29) is 0 Å². The van der Waals surface area contributed by atoms with E-state index in [1.54, 1.807) is 11.3 Å². The third kappa shape index (κ3) is 2.80. The number of hydrogen-bond donors (Lipinski definition) is 1. The predicted octanol–water partition coefficient (Wildman–Crippen LogP) is 4.17. The molecule has 5 heteroatoms. The second-order valence-corrected chi connectivity index (χ2v) is 7.14. The fraction of sp³-hybridized carbons (Fsp3) is 0.267. The number of rotatable bonds is 5. The Bertz CT molecular complexity index is 717. The molecule has 0 saturated heterocycles. The number of nitrogens with zero attached hydrogens (tertiary/aromatic N) is 2.